The van der Waals surface area contributed by atoms with E-state index in [2.05, 4.69) is 5.32 Å². The van der Waals surface area contributed by atoms with E-state index in [1.165, 1.54) is 18.1 Å². The van der Waals surface area contributed by atoms with E-state index in [4.69, 9.17) is 9.40 Å². The fourth-order valence-electron chi connectivity index (χ4n) is 4.29. The highest BCUT2D eigenvalue weighted by Gasteiger charge is 2.26. The van der Waals surface area contributed by atoms with Crippen LogP contribution in [0, 0.1) is 6.92 Å². The normalized spacial score (nSPS) is 14.4. The number of carbonyl (C=O) groups excluding carboxylic acids is 2. The minimum absolute atomic E-state index is 0.0145. The number of pyridine rings is 1. The zero-order valence-electron chi connectivity index (χ0n) is 18.5. The maximum absolute atomic E-state index is 13.3. The Bertz CT molecular complexity index is 1290. The van der Waals surface area contributed by atoms with Crippen molar-refractivity contribution in [1.29, 1.82) is 0 Å². The summed E-state index contributed by atoms with van der Waals surface area (Å²) in [4.78, 5) is 32.5. The third kappa shape index (κ3) is 4.37. The van der Waals surface area contributed by atoms with Gasteiger partial charge in [-0.3, -0.25) is 9.59 Å². The van der Waals surface area contributed by atoms with Crippen LogP contribution in [0.4, 0.5) is 0 Å². The third-order valence-electron chi connectivity index (χ3n) is 6.19. The van der Waals surface area contributed by atoms with E-state index in [0.717, 1.165) is 22.2 Å². The highest BCUT2D eigenvalue weighted by Crippen LogP contribution is 2.26. The number of likely N-dealkylation sites (tertiary alicyclic amines) is 1. The lowest BCUT2D eigenvalue weighted by molar-refractivity contribution is 0.0697. The summed E-state index contributed by atoms with van der Waals surface area (Å²) in [7, 11) is 0. The number of rotatable bonds is 4. The standard InChI is InChI=1S/C27H25N3O3/c1-18-6-8-19(9-7-18)25-16-23(22-4-2-3-5-24(22)29-25)26(31)28-21-10-13-30(14-11-21)27(32)20-12-15-33-17-20/h2-9,12,15-17,21H,10-11,13-14H2,1H3,(H,28,31). The van der Waals surface area contributed by atoms with Gasteiger partial charge in [-0.2, -0.15) is 0 Å². The van der Waals surface area contributed by atoms with Crippen molar-refractivity contribution >= 4 is 22.7 Å². The fraction of sp³-hybridized carbons (Fsp3) is 0.222. The number of piperidine rings is 1. The van der Waals surface area contributed by atoms with Gasteiger partial charge >= 0.3 is 0 Å². The van der Waals surface area contributed by atoms with E-state index < -0.39 is 0 Å². The molecule has 0 aliphatic carbocycles. The molecule has 2 aromatic heterocycles. The molecule has 1 aliphatic rings. The summed E-state index contributed by atoms with van der Waals surface area (Å²) in [5.41, 5.74) is 4.90. The molecule has 0 saturated carbocycles. The zero-order valence-corrected chi connectivity index (χ0v) is 18.5. The Labute approximate surface area is 192 Å². The van der Waals surface area contributed by atoms with Gasteiger partial charge in [-0.1, -0.05) is 48.0 Å². The van der Waals surface area contributed by atoms with Crippen LogP contribution in [0.2, 0.25) is 0 Å². The van der Waals surface area contributed by atoms with E-state index in [1.807, 2.05) is 66.4 Å². The molecule has 0 spiro atoms. The van der Waals surface area contributed by atoms with Gasteiger partial charge in [-0.25, -0.2) is 4.98 Å². The van der Waals surface area contributed by atoms with Crippen LogP contribution < -0.4 is 5.32 Å². The minimum Gasteiger partial charge on any atom is -0.472 e. The molecule has 5 rings (SSSR count). The van der Waals surface area contributed by atoms with Crippen LogP contribution in [0.1, 0.15) is 39.1 Å². The highest BCUT2D eigenvalue weighted by atomic mass is 16.3. The molecular weight excluding hydrogens is 414 g/mol. The van der Waals surface area contributed by atoms with Gasteiger partial charge in [0.05, 0.1) is 28.6 Å². The van der Waals surface area contributed by atoms with E-state index >= 15 is 0 Å². The van der Waals surface area contributed by atoms with Crippen LogP contribution in [0.5, 0.6) is 0 Å². The lowest BCUT2D eigenvalue weighted by Crippen LogP contribution is -2.46. The second-order valence-corrected chi connectivity index (χ2v) is 8.49. The third-order valence-corrected chi connectivity index (χ3v) is 6.19. The van der Waals surface area contributed by atoms with E-state index in [0.29, 0.717) is 37.1 Å². The number of benzene rings is 2. The average molecular weight is 440 g/mol. The molecule has 0 unspecified atom stereocenters. The first kappa shape index (κ1) is 20.9. The van der Waals surface area contributed by atoms with Gasteiger partial charge in [-0.15, -0.1) is 0 Å². The second kappa shape index (κ2) is 8.90. The number of carbonyl (C=O) groups is 2. The maximum atomic E-state index is 13.3. The summed E-state index contributed by atoms with van der Waals surface area (Å²) < 4.78 is 5.02. The van der Waals surface area contributed by atoms with Crippen molar-refractivity contribution in [3.63, 3.8) is 0 Å². The SMILES string of the molecule is Cc1ccc(-c2cc(C(=O)NC3CCN(C(=O)c4ccoc4)CC3)c3ccccc3n2)cc1. The largest absolute Gasteiger partial charge is 0.472 e. The number of nitrogens with zero attached hydrogens (tertiary/aromatic N) is 2. The van der Waals surface area contributed by atoms with Crippen LogP contribution in [-0.4, -0.2) is 40.8 Å². The van der Waals surface area contributed by atoms with Crippen molar-refractivity contribution in [2.75, 3.05) is 13.1 Å². The van der Waals surface area contributed by atoms with Gasteiger partial charge in [0.15, 0.2) is 0 Å². The van der Waals surface area contributed by atoms with Crippen LogP contribution in [-0.2, 0) is 0 Å². The lowest BCUT2D eigenvalue weighted by Gasteiger charge is -2.32. The lowest BCUT2D eigenvalue weighted by atomic mass is 10.0. The number of para-hydroxylation sites is 1. The molecule has 33 heavy (non-hydrogen) atoms. The Morgan fingerprint density at radius 1 is 1.03 bits per heavy atom. The monoisotopic (exact) mass is 439 g/mol. The second-order valence-electron chi connectivity index (χ2n) is 8.49. The quantitative estimate of drug-likeness (QED) is 0.494. The molecule has 0 atom stereocenters. The van der Waals surface area contributed by atoms with Gasteiger partial charge in [0.1, 0.15) is 6.26 Å². The number of aryl methyl sites for hydroxylation is 1. The fourth-order valence-corrected chi connectivity index (χ4v) is 4.29. The first-order valence-electron chi connectivity index (χ1n) is 11.2. The number of nitrogens with one attached hydrogen (secondary N) is 1. The summed E-state index contributed by atoms with van der Waals surface area (Å²) >= 11 is 0. The summed E-state index contributed by atoms with van der Waals surface area (Å²) in [6.45, 7) is 3.24. The van der Waals surface area contributed by atoms with Crippen molar-refractivity contribution in [2.24, 2.45) is 0 Å². The molecule has 0 radical (unpaired) electrons. The molecule has 6 nitrogen and oxygen atoms in total. The Hall–Kier alpha value is -3.93. The number of aromatic nitrogens is 1. The molecule has 0 bridgehead atoms. The van der Waals surface area contributed by atoms with Crippen LogP contribution >= 0.6 is 0 Å². The number of fused-ring (bicyclic) bond motifs is 1. The van der Waals surface area contributed by atoms with Gasteiger partial charge < -0.3 is 14.6 Å². The molecule has 166 valence electrons. The van der Waals surface area contributed by atoms with Gasteiger partial charge in [-0.05, 0) is 38.0 Å². The van der Waals surface area contributed by atoms with Crippen molar-refractivity contribution in [3.8, 4) is 11.3 Å². The molecule has 2 amide bonds. The van der Waals surface area contributed by atoms with Crippen molar-refractivity contribution < 1.29 is 14.0 Å². The number of hydrogen-bond acceptors (Lipinski definition) is 4. The Kier molecular flexibility index (Phi) is 5.65. The summed E-state index contributed by atoms with van der Waals surface area (Å²) in [5.74, 6) is -0.141. The summed E-state index contributed by atoms with van der Waals surface area (Å²) in [6.07, 6.45) is 4.40. The topological polar surface area (TPSA) is 75.4 Å². The Morgan fingerprint density at radius 2 is 1.79 bits per heavy atom. The first-order valence-corrected chi connectivity index (χ1v) is 11.2. The molecule has 2 aromatic carbocycles. The zero-order chi connectivity index (χ0) is 22.8. The van der Waals surface area contributed by atoms with Gasteiger partial charge in [0, 0.05) is 30.1 Å². The average Bonchev–Trinajstić information content (AvgIpc) is 3.39. The highest BCUT2D eigenvalue weighted by molar-refractivity contribution is 6.07. The van der Waals surface area contributed by atoms with Crippen LogP contribution in [0.15, 0.2) is 77.6 Å². The Balaban J connectivity index is 1.34. The molecular formula is C27H25N3O3. The number of amides is 2. The van der Waals surface area contributed by atoms with E-state index in [-0.39, 0.29) is 17.9 Å². The molecule has 4 aromatic rings. The molecule has 1 fully saturated rings. The Morgan fingerprint density at radius 3 is 2.52 bits per heavy atom. The minimum atomic E-state index is -0.110. The van der Waals surface area contributed by atoms with E-state index in [9.17, 15) is 9.59 Å². The van der Waals surface area contributed by atoms with Crippen molar-refractivity contribution in [1.82, 2.24) is 15.2 Å². The molecule has 1 aliphatic heterocycles. The number of hydrogen-bond donors (Lipinski definition) is 1. The van der Waals surface area contributed by atoms with Crippen molar-refractivity contribution in [3.05, 3.63) is 89.9 Å². The van der Waals surface area contributed by atoms with Crippen LogP contribution in [0.25, 0.3) is 22.2 Å². The molecule has 6 heteroatoms. The summed E-state index contributed by atoms with van der Waals surface area (Å²) in [6, 6.07) is 19.4. The van der Waals surface area contributed by atoms with Crippen LogP contribution in [0.3, 0.4) is 0 Å². The maximum Gasteiger partial charge on any atom is 0.257 e. The first-order chi connectivity index (χ1) is 16.1. The molecule has 1 N–H and O–H groups in total. The molecule has 1 saturated heterocycles. The van der Waals surface area contributed by atoms with Gasteiger partial charge in [0.25, 0.3) is 11.8 Å². The van der Waals surface area contributed by atoms with E-state index in [1.54, 1.807) is 6.07 Å². The summed E-state index contributed by atoms with van der Waals surface area (Å²) in [5, 5.41) is 4.02. The smallest absolute Gasteiger partial charge is 0.257 e. The molecule has 3 heterocycles. The predicted molar refractivity (Wildman–Crippen MR) is 127 cm³/mol. The van der Waals surface area contributed by atoms with Gasteiger partial charge in [0.2, 0.25) is 0 Å². The predicted octanol–water partition coefficient (Wildman–Crippen LogP) is 4.84. The van der Waals surface area contributed by atoms with Crippen molar-refractivity contribution in [2.45, 2.75) is 25.8 Å². The number of furan rings is 1.